The van der Waals surface area contributed by atoms with Crippen molar-refractivity contribution in [3.63, 3.8) is 0 Å². The van der Waals surface area contributed by atoms with Crippen molar-refractivity contribution in [2.24, 2.45) is 11.8 Å². The fraction of sp³-hybridized carbons (Fsp3) is 0.750. The van der Waals surface area contributed by atoms with E-state index in [-0.39, 0.29) is 0 Å². The molecule has 1 nitrogen and oxygen atoms in total. The summed E-state index contributed by atoms with van der Waals surface area (Å²) in [6, 6.07) is 0. The molecule has 0 spiro atoms. The van der Waals surface area contributed by atoms with E-state index in [1.165, 1.54) is 6.42 Å². The second-order valence-electron chi connectivity index (χ2n) is 3.05. The largest absolute Gasteiger partial charge is 0.512 e. The molecule has 0 saturated carbocycles. The zero-order valence-electron chi connectivity index (χ0n) is 6.09. The second-order valence-corrected chi connectivity index (χ2v) is 3.05. The fourth-order valence-electron chi connectivity index (χ4n) is 1.20. The van der Waals surface area contributed by atoms with E-state index in [4.69, 9.17) is 0 Å². The molecule has 0 radical (unpaired) electrons. The Bertz CT molecular complexity index is 127. The maximum atomic E-state index is 9.21. The van der Waals surface area contributed by atoms with E-state index in [1.54, 1.807) is 0 Å². The summed E-state index contributed by atoms with van der Waals surface area (Å²) in [6.07, 6.45) is 4.34. The number of aliphatic hydroxyl groups is 1. The van der Waals surface area contributed by atoms with Crippen LogP contribution < -0.4 is 0 Å². The van der Waals surface area contributed by atoms with Gasteiger partial charge in [-0.05, 0) is 24.8 Å². The van der Waals surface area contributed by atoms with Crippen molar-refractivity contribution in [1.29, 1.82) is 0 Å². The molecule has 2 atom stereocenters. The highest BCUT2D eigenvalue weighted by Crippen LogP contribution is 2.25. The van der Waals surface area contributed by atoms with Gasteiger partial charge in [-0.3, -0.25) is 0 Å². The molecular formula is C8H14O. The van der Waals surface area contributed by atoms with Crippen LogP contribution in [0.1, 0.15) is 26.7 Å². The summed E-state index contributed by atoms with van der Waals surface area (Å²) in [5.74, 6) is 1.58. The molecule has 0 heterocycles. The van der Waals surface area contributed by atoms with E-state index in [1.807, 2.05) is 6.08 Å². The highest BCUT2D eigenvalue weighted by atomic mass is 16.3. The van der Waals surface area contributed by atoms with E-state index in [0.717, 1.165) is 6.42 Å². The molecular weight excluding hydrogens is 112 g/mol. The van der Waals surface area contributed by atoms with Gasteiger partial charge in [0.25, 0.3) is 0 Å². The number of hydrogen-bond acceptors (Lipinski definition) is 1. The predicted octanol–water partition coefficient (Wildman–Crippen LogP) is 2.49. The summed E-state index contributed by atoms with van der Waals surface area (Å²) >= 11 is 0. The van der Waals surface area contributed by atoms with Crippen LogP contribution in [0.4, 0.5) is 0 Å². The molecule has 0 aromatic heterocycles. The average Bonchev–Trinajstić information content (AvgIpc) is 1.80. The minimum Gasteiger partial charge on any atom is -0.512 e. The summed E-state index contributed by atoms with van der Waals surface area (Å²) in [5, 5.41) is 9.21. The number of hydrogen-bond donors (Lipinski definition) is 1. The Morgan fingerprint density at radius 3 is 2.56 bits per heavy atom. The minimum absolute atomic E-state index is 0.404. The monoisotopic (exact) mass is 126 g/mol. The van der Waals surface area contributed by atoms with Crippen LogP contribution in [-0.2, 0) is 0 Å². The van der Waals surface area contributed by atoms with Crippen molar-refractivity contribution in [1.82, 2.24) is 0 Å². The normalized spacial score (nSPS) is 36.0. The summed E-state index contributed by atoms with van der Waals surface area (Å²) in [6.45, 7) is 4.21. The quantitative estimate of drug-likeness (QED) is 0.528. The lowest BCUT2D eigenvalue weighted by Gasteiger charge is -2.19. The van der Waals surface area contributed by atoms with Gasteiger partial charge in [-0.15, -0.1) is 0 Å². The van der Waals surface area contributed by atoms with Crippen LogP contribution in [0.5, 0.6) is 0 Å². The van der Waals surface area contributed by atoms with Gasteiger partial charge in [0.05, 0.1) is 5.76 Å². The van der Waals surface area contributed by atoms with Crippen molar-refractivity contribution in [2.45, 2.75) is 26.7 Å². The van der Waals surface area contributed by atoms with Gasteiger partial charge in [-0.1, -0.05) is 13.8 Å². The molecule has 0 aromatic carbocycles. The minimum atomic E-state index is 0.404. The maximum absolute atomic E-state index is 9.21. The molecule has 9 heavy (non-hydrogen) atoms. The smallest absolute Gasteiger partial charge is 0.0913 e. The van der Waals surface area contributed by atoms with Gasteiger partial charge >= 0.3 is 0 Å². The summed E-state index contributed by atoms with van der Waals surface area (Å²) in [5.41, 5.74) is 0. The molecule has 1 aliphatic rings. The van der Waals surface area contributed by atoms with E-state index in [0.29, 0.717) is 17.6 Å². The Kier molecular flexibility index (Phi) is 1.79. The van der Waals surface area contributed by atoms with Gasteiger partial charge in [-0.2, -0.15) is 0 Å². The highest BCUT2D eigenvalue weighted by molar-refractivity contribution is 5.01. The summed E-state index contributed by atoms with van der Waals surface area (Å²) in [7, 11) is 0. The Balaban J connectivity index is 2.61. The summed E-state index contributed by atoms with van der Waals surface area (Å²) < 4.78 is 0. The van der Waals surface area contributed by atoms with Crippen LogP contribution >= 0.6 is 0 Å². The topological polar surface area (TPSA) is 20.2 Å². The van der Waals surface area contributed by atoms with Gasteiger partial charge in [0.15, 0.2) is 0 Å². The zero-order valence-corrected chi connectivity index (χ0v) is 6.09. The lowest BCUT2D eigenvalue weighted by Crippen LogP contribution is -2.08. The molecule has 1 N–H and O–H groups in total. The van der Waals surface area contributed by atoms with Crippen LogP contribution in [0.2, 0.25) is 0 Å². The van der Waals surface area contributed by atoms with E-state index in [2.05, 4.69) is 13.8 Å². The van der Waals surface area contributed by atoms with Gasteiger partial charge in [0.1, 0.15) is 0 Å². The van der Waals surface area contributed by atoms with Crippen molar-refractivity contribution in [3.05, 3.63) is 11.8 Å². The third kappa shape index (κ3) is 1.47. The molecule has 0 aliphatic heterocycles. The van der Waals surface area contributed by atoms with Gasteiger partial charge in [0.2, 0.25) is 0 Å². The van der Waals surface area contributed by atoms with Crippen molar-refractivity contribution in [2.75, 3.05) is 0 Å². The van der Waals surface area contributed by atoms with Crippen molar-refractivity contribution >= 4 is 0 Å². The lowest BCUT2D eigenvalue weighted by molar-refractivity contribution is 0.296. The van der Waals surface area contributed by atoms with E-state index in [9.17, 15) is 5.11 Å². The number of aliphatic hydroxyl groups excluding tert-OH is 1. The molecule has 0 fully saturated rings. The lowest BCUT2D eigenvalue weighted by atomic mass is 9.89. The third-order valence-electron chi connectivity index (χ3n) is 2.02. The Hall–Kier alpha value is -0.460. The number of rotatable bonds is 0. The highest BCUT2D eigenvalue weighted by Gasteiger charge is 2.15. The van der Waals surface area contributed by atoms with Gasteiger partial charge < -0.3 is 5.11 Å². The fourth-order valence-corrected chi connectivity index (χ4v) is 1.20. The molecule has 0 bridgehead atoms. The molecule has 0 aromatic rings. The Labute approximate surface area is 56.4 Å². The standard InChI is InChI=1S/C8H14O/c1-6-3-4-7(2)8(9)5-6/h5-7,9H,3-4H2,1-2H3. The zero-order chi connectivity index (χ0) is 6.85. The van der Waals surface area contributed by atoms with Crippen LogP contribution in [0.15, 0.2) is 11.8 Å². The number of allylic oxidation sites excluding steroid dienone is 2. The SMILES string of the molecule is CC1C=C(O)C(C)CC1. The second kappa shape index (κ2) is 2.42. The van der Waals surface area contributed by atoms with Crippen LogP contribution in [-0.4, -0.2) is 5.11 Å². The first-order valence-electron chi connectivity index (χ1n) is 3.61. The van der Waals surface area contributed by atoms with Gasteiger partial charge in [0, 0.05) is 5.92 Å². The molecule has 1 aliphatic carbocycles. The Morgan fingerprint density at radius 1 is 1.44 bits per heavy atom. The van der Waals surface area contributed by atoms with Crippen LogP contribution in [0.3, 0.4) is 0 Å². The van der Waals surface area contributed by atoms with Crippen LogP contribution in [0, 0.1) is 11.8 Å². The summed E-state index contributed by atoms with van der Waals surface area (Å²) in [4.78, 5) is 0. The first-order chi connectivity index (χ1) is 4.20. The maximum Gasteiger partial charge on any atom is 0.0913 e. The third-order valence-corrected chi connectivity index (χ3v) is 2.02. The molecule has 0 saturated heterocycles. The molecule has 1 rings (SSSR count). The van der Waals surface area contributed by atoms with Crippen LogP contribution in [0.25, 0.3) is 0 Å². The predicted molar refractivity (Wildman–Crippen MR) is 38.3 cm³/mol. The molecule has 2 unspecified atom stereocenters. The van der Waals surface area contributed by atoms with Gasteiger partial charge in [-0.25, -0.2) is 0 Å². The van der Waals surface area contributed by atoms with Crippen molar-refractivity contribution in [3.8, 4) is 0 Å². The first kappa shape index (κ1) is 6.66. The Morgan fingerprint density at radius 2 is 2.11 bits per heavy atom. The molecule has 52 valence electrons. The average molecular weight is 126 g/mol. The molecule has 0 amide bonds. The first-order valence-corrected chi connectivity index (χ1v) is 3.61. The van der Waals surface area contributed by atoms with Crippen molar-refractivity contribution < 1.29 is 5.11 Å². The van der Waals surface area contributed by atoms with E-state index < -0.39 is 0 Å². The van der Waals surface area contributed by atoms with E-state index >= 15 is 0 Å². The molecule has 1 heteroatoms.